The summed E-state index contributed by atoms with van der Waals surface area (Å²) in [5.41, 5.74) is 1.38. The molecule has 108 valence electrons. The van der Waals surface area contributed by atoms with Crippen LogP contribution in [0.15, 0.2) is 22.7 Å². The van der Waals surface area contributed by atoms with Gasteiger partial charge in [-0.3, -0.25) is 9.59 Å². The highest BCUT2D eigenvalue weighted by Crippen LogP contribution is 2.27. The number of hydrogen-bond acceptors (Lipinski definition) is 3. The fraction of sp³-hybridized carbons (Fsp3) is 0.429. The first-order chi connectivity index (χ1) is 9.54. The maximum absolute atomic E-state index is 11.7. The van der Waals surface area contributed by atoms with Gasteiger partial charge in [-0.15, -0.1) is 0 Å². The summed E-state index contributed by atoms with van der Waals surface area (Å²) in [6, 6.07) is 5.46. The summed E-state index contributed by atoms with van der Waals surface area (Å²) in [6.07, 6.45) is 2.43. The van der Waals surface area contributed by atoms with Gasteiger partial charge in [-0.25, -0.2) is 0 Å². The minimum Gasteiger partial charge on any atom is -0.374 e. The standard InChI is InChI=1S/C14H18BrN3O2/c1-9(19)18-12-5-4-11(15)6-13(12)16-8-14(20)17-7-10-2-3-10/h4-6,10,16H,2-3,7-8H2,1H3,(H,17,20)(H,18,19). The van der Waals surface area contributed by atoms with Crippen LogP contribution in [0.1, 0.15) is 19.8 Å². The molecule has 0 saturated heterocycles. The number of halogens is 1. The fourth-order valence-corrected chi connectivity index (χ4v) is 2.14. The predicted molar refractivity (Wildman–Crippen MR) is 82.7 cm³/mol. The van der Waals surface area contributed by atoms with E-state index in [1.54, 1.807) is 6.07 Å². The van der Waals surface area contributed by atoms with E-state index in [9.17, 15) is 9.59 Å². The summed E-state index contributed by atoms with van der Waals surface area (Å²) in [4.78, 5) is 22.8. The van der Waals surface area contributed by atoms with E-state index in [0.717, 1.165) is 16.7 Å². The van der Waals surface area contributed by atoms with Gasteiger partial charge in [0.05, 0.1) is 17.9 Å². The third-order valence-corrected chi connectivity index (χ3v) is 3.51. The number of amides is 2. The molecule has 0 spiro atoms. The number of benzene rings is 1. The largest absolute Gasteiger partial charge is 0.374 e. The van der Waals surface area contributed by atoms with Crippen LogP contribution >= 0.6 is 15.9 Å². The zero-order valence-corrected chi connectivity index (χ0v) is 12.9. The molecule has 1 aromatic rings. The monoisotopic (exact) mass is 339 g/mol. The summed E-state index contributed by atoms with van der Waals surface area (Å²) in [6.45, 7) is 2.40. The van der Waals surface area contributed by atoms with Crippen molar-refractivity contribution in [2.75, 3.05) is 23.7 Å². The zero-order valence-electron chi connectivity index (χ0n) is 11.3. The van der Waals surface area contributed by atoms with Gasteiger partial charge in [0.25, 0.3) is 0 Å². The second kappa shape index (κ2) is 6.74. The van der Waals surface area contributed by atoms with Crippen molar-refractivity contribution in [3.05, 3.63) is 22.7 Å². The van der Waals surface area contributed by atoms with E-state index in [1.165, 1.54) is 19.8 Å². The predicted octanol–water partition coefficient (Wildman–Crippen LogP) is 2.35. The van der Waals surface area contributed by atoms with Gasteiger partial charge in [-0.05, 0) is 37.0 Å². The topological polar surface area (TPSA) is 70.2 Å². The first-order valence-corrected chi connectivity index (χ1v) is 7.41. The van der Waals surface area contributed by atoms with Gasteiger partial charge in [-0.2, -0.15) is 0 Å². The van der Waals surface area contributed by atoms with Crippen LogP contribution in [0.2, 0.25) is 0 Å². The van der Waals surface area contributed by atoms with Gasteiger partial charge in [0, 0.05) is 17.9 Å². The molecule has 2 amide bonds. The SMILES string of the molecule is CC(=O)Nc1ccc(Br)cc1NCC(=O)NCC1CC1. The lowest BCUT2D eigenvalue weighted by Gasteiger charge is -2.13. The molecular weight excluding hydrogens is 322 g/mol. The Morgan fingerprint density at radius 3 is 2.70 bits per heavy atom. The molecule has 1 aliphatic rings. The van der Waals surface area contributed by atoms with E-state index in [1.807, 2.05) is 12.1 Å². The van der Waals surface area contributed by atoms with Crippen LogP contribution in [0.4, 0.5) is 11.4 Å². The minimum atomic E-state index is -0.145. The summed E-state index contributed by atoms with van der Waals surface area (Å²) in [5, 5.41) is 8.67. The summed E-state index contributed by atoms with van der Waals surface area (Å²) >= 11 is 3.37. The van der Waals surface area contributed by atoms with Crippen molar-refractivity contribution in [2.24, 2.45) is 5.92 Å². The van der Waals surface area contributed by atoms with E-state index in [2.05, 4.69) is 31.9 Å². The molecule has 0 aromatic heterocycles. The molecule has 1 fully saturated rings. The van der Waals surface area contributed by atoms with Gasteiger partial charge in [0.1, 0.15) is 0 Å². The van der Waals surface area contributed by atoms with Crippen molar-refractivity contribution in [1.82, 2.24) is 5.32 Å². The smallest absolute Gasteiger partial charge is 0.239 e. The Hall–Kier alpha value is -1.56. The Kier molecular flexibility index (Phi) is 5.00. The number of rotatable bonds is 6. The van der Waals surface area contributed by atoms with Crippen LogP contribution in [0.3, 0.4) is 0 Å². The van der Waals surface area contributed by atoms with Crippen LogP contribution in [-0.4, -0.2) is 24.9 Å². The summed E-state index contributed by atoms with van der Waals surface area (Å²) in [5.74, 6) is 0.485. The Bertz CT molecular complexity index is 515. The molecule has 0 atom stereocenters. The maximum Gasteiger partial charge on any atom is 0.239 e. The Balaban J connectivity index is 1.90. The van der Waals surface area contributed by atoms with E-state index >= 15 is 0 Å². The molecule has 0 heterocycles. The molecule has 3 N–H and O–H groups in total. The third kappa shape index (κ3) is 4.85. The molecule has 20 heavy (non-hydrogen) atoms. The Morgan fingerprint density at radius 1 is 1.30 bits per heavy atom. The fourth-order valence-electron chi connectivity index (χ4n) is 1.78. The van der Waals surface area contributed by atoms with Gasteiger partial charge >= 0.3 is 0 Å². The van der Waals surface area contributed by atoms with E-state index in [0.29, 0.717) is 11.6 Å². The first-order valence-electron chi connectivity index (χ1n) is 6.62. The molecular formula is C14H18BrN3O2. The molecule has 0 aliphatic heterocycles. The molecule has 1 aromatic carbocycles. The van der Waals surface area contributed by atoms with Crippen LogP contribution in [0.5, 0.6) is 0 Å². The summed E-state index contributed by atoms with van der Waals surface area (Å²) < 4.78 is 0.882. The molecule has 0 bridgehead atoms. The normalized spacial score (nSPS) is 13.7. The highest BCUT2D eigenvalue weighted by atomic mass is 79.9. The van der Waals surface area contributed by atoms with Gasteiger partial charge in [-0.1, -0.05) is 15.9 Å². The first kappa shape index (κ1) is 14.8. The number of carbonyl (C=O) groups excluding carboxylic acids is 2. The lowest BCUT2D eigenvalue weighted by atomic mass is 10.2. The summed E-state index contributed by atoms with van der Waals surface area (Å²) in [7, 11) is 0. The van der Waals surface area contributed by atoms with Crippen molar-refractivity contribution in [3.8, 4) is 0 Å². The van der Waals surface area contributed by atoms with Gasteiger partial charge in [0.15, 0.2) is 0 Å². The molecule has 1 saturated carbocycles. The third-order valence-electron chi connectivity index (χ3n) is 3.02. The number of nitrogens with one attached hydrogen (secondary N) is 3. The van der Waals surface area contributed by atoms with Crippen LogP contribution in [0.25, 0.3) is 0 Å². The maximum atomic E-state index is 11.7. The number of anilines is 2. The average Bonchev–Trinajstić information content (AvgIpc) is 3.20. The molecule has 0 unspecified atom stereocenters. The van der Waals surface area contributed by atoms with Crippen LogP contribution in [-0.2, 0) is 9.59 Å². The van der Waals surface area contributed by atoms with Crippen molar-refractivity contribution >= 4 is 39.1 Å². The van der Waals surface area contributed by atoms with E-state index in [4.69, 9.17) is 0 Å². The minimum absolute atomic E-state index is 0.0364. The van der Waals surface area contributed by atoms with Crippen LogP contribution in [0, 0.1) is 5.92 Å². The lowest BCUT2D eigenvalue weighted by molar-refractivity contribution is -0.119. The molecule has 2 rings (SSSR count). The van der Waals surface area contributed by atoms with Gasteiger partial charge in [0.2, 0.25) is 11.8 Å². The molecule has 0 radical (unpaired) electrons. The second-order valence-corrected chi connectivity index (χ2v) is 5.89. The van der Waals surface area contributed by atoms with E-state index in [-0.39, 0.29) is 18.4 Å². The van der Waals surface area contributed by atoms with E-state index < -0.39 is 0 Å². The van der Waals surface area contributed by atoms with Crippen molar-refractivity contribution < 1.29 is 9.59 Å². The van der Waals surface area contributed by atoms with Crippen molar-refractivity contribution in [2.45, 2.75) is 19.8 Å². The van der Waals surface area contributed by atoms with Crippen molar-refractivity contribution in [1.29, 1.82) is 0 Å². The molecule has 1 aliphatic carbocycles. The molecule has 5 nitrogen and oxygen atoms in total. The average molecular weight is 340 g/mol. The lowest BCUT2D eigenvalue weighted by Crippen LogP contribution is -2.31. The van der Waals surface area contributed by atoms with Crippen LogP contribution < -0.4 is 16.0 Å². The highest BCUT2D eigenvalue weighted by Gasteiger charge is 2.21. The van der Waals surface area contributed by atoms with Crippen molar-refractivity contribution in [3.63, 3.8) is 0 Å². The number of hydrogen-bond donors (Lipinski definition) is 3. The molecule has 6 heteroatoms. The zero-order chi connectivity index (χ0) is 14.5. The second-order valence-electron chi connectivity index (χ2n) is 4.97. The quantitative estimate of drug-likeness (QED) is 0.745. The highest BCUT2D eigenvalue weighted by molar-refractivity contribution is 9.10. The van der Waals surface area contributed by atoms with Gasteiger partial charge < -0.3 is 16.0 Å². The Morgan fingerprint density at radius 2 is 2.05 bits per heavy atom. The Labute approximate surface area is 126 Å². The number of carbonyl (C=O) groups is 2.